The van der Waals surface area contributed by atoms with E-state index in [1.807, 2.05) is 12.1 Å². The Morgan fingerprint density at radius 2 is 1.57 bits per heavy atom. The van der Waals surface area contributed by atoms with Gasteiger partial charge in [0, 0.05) is 12.1 Å². The molecule has 0 radical (unpaired) electrons. The van der Waals surface area contributed by atoms with Gasteiger partial charge in [0.15, 0.2) is 11.5 Å². The topological polar surface area (TPSA) is 72.7 Å². The number of nitrogens with one attached hydrogen (secondary N) is 1. The van der Waals surface area contributed by atoms with E-state index in [1.54, 1.807) is 24.3 Å². The fraction of sp³-hybridized carbons (Fsp3) is 0.368. The molecule has 1 aliphatic carbocycles. The predicted molar refractivity (Wildman–Crippen MR) is 90.0 cm³/mol. The minimum Gasteiger partial charge on any atom is -0.508 e. The van der Waals surface area contributed by atoms with Gasteiger partial charge in [-0.1, -0.05) is 12.1 Å². The van der Waals surface area contributed by atoms with E-state index in [1.165, 1.54) is 5.56 Å². The van der Waals surface area contributed by atoms with Crippen molar-refractivity contribution in [3.63, 3.8) is 0 Å². The van der Waals surface area contributed by atoms with E-state index in [-0.39, 0.29) is 11.5 Å². The zero-order valence-electron chi connectivity index (χ0n) is 13.3. The van der Waals surface area contributed by atoms with Crippen molar-refractivity contribution in [1.29, 1.82) is 0 Å². The van der Waals surface area contributed by atoms with Gasteiger partial charge in [-0.2, -0.15) is 0 Å². The van der Waals surface area contributed by atoms with Gasteiger partial charge in [-0.15, -0.1) is 0 Å². The minimum absolute atomic E-state index is 0.0372. The highest BCUT2D eigenvalue weighted by molar-refractivity contribution is 5.48. The minimum atomic E-state index is -0.0372. The second-order valence-corrected chi connectivity index (χ2v) is 6.49. The van der Waals surface area contributed by atoms with Crippen molar-refractivity contribution < 1.29 is 15.3 Å². The second kappa shape index (κ2) is 6.50. The molecule has 1 aliphatic rings. The lowest BCUT2D eigenvalue weighted by atomic mass is 10.0. The third kappa shape index (κ3) is 3.77. The summed E-state index contributed by atoms with van der Waals surface area (Å²) in [5.74, 6) is 0.227. The highest BCUT2D eigenvalue weighted by Crippen LogP contribution is 2.33. The van der Waals surface area contributed by atoms with E-state index in [0.717, 1.165) is 36.8 Å². The van der Waals surface area contributed by atoms with Crippen molar-refractivity contribution >= 4 is 0 Å². The zero-order chi connectivity index (χ0) is 16.4. The molecular weight excluding hydrogens is 290 g/mol. The summed E-state index contributed by atoms with van der Waals surface area (Å²) in [5, 5.41) is 32.1. The van der Waals surface area contributed by atoms with Crippen LogP contribution < -0.4 is 5.32 Å². The predicted octanol–water partition coefficient (Wildman–Crippen LogP) is 2.88. The Labute approximate surface area is 136 Å². The summed E-state index contributed by atoms with van der Waals surface area (Å²) in [6.45, 7) is 2.18. The Bertz CT molecular complexity index is 651. The number of aromatic hydroxyl groups is 3. The quantitative estimate of drug-likeness (QED) is 0.641. The van der Waals surface area contributed by atoms with Gasteiger partial charge in [-0.05, 0) is 73.6 Å². The van der Waals surface area contributed by atoms with Crippen molar-refractivity contribution in [2.45, 2.75) is 44.7 Å². The molecule has 0 bridgehead atoms. The molecule has 4 nitrogen and oxygen atoms in total. The molecule has 0 saturated heterocycles. The smallest absolute Gasteiger partial charge is 0.157 e. The normalized spacial score (nSPS) is 15.5. The van der Waals surface area contributed by atoms with Crippen LogP contribution in [0.5, 0.6) is 17.2 Å². The molecule has 2 aromatic rings. The van der Waals surface area contributed by atoms with Crippen LogP contribution in [0.1, 0.15) is 30.0 Å². The molecular formula is C19H23NO3. The standard InChI is InChI=1S/C19H23NO3/c1-12(2-3-13-4-6-17(21)7-5-13)20-16-8-14-10-18(22)19(23)11-15(14)9-16/h4-7,10-12,16,20-23H,2-3,8-9H2,1H3. The largest absolute Gasteiger partial charge is 0.508 e. The molecule has 0 heterocycles. The van der Waals surface area contributed by atoms with Gasteiger partial charge in [0.1, 0.15) is 5.75 Å². The number of phenols is 3. The number of hydrogen-bond donors (Lipinski definition) is 4. The fourth-order valence-corrected chi connectivity index (χ4v) is 3.30. The van der Waals surface area contributed by atoms with Gasteiger partial charge in [0.2, 0.25) is 0 Å². The monoisotopic (exact) mass is 313 g/mol. The van der Waals surface area contributed by atoms with Gasteiger partial charge in [0.25, 0.3) is 0 Å². The SMILES string of the molecule is CC(CCc1ccc(O)cc1)NC1Cc2cc(O)c(O)cc2C1. The van der Waals surface area contributed by atoms with Crippen LogP contribution in [0.2, 0.25) is 0 Å². The van der Waals surface area contributed by atoms with Crippen molar-refractivity contribution in [2.75, 3.05) is 0 Å². The summed E-state index contributed by atoms with van der Waals surface area (Å²) in [4.78, 5) is 0. The molecule has 0 aromatic heterocycles. The van der Waals surface area contributed by atoms with Gasteiger partial charge < -0.3 is 20.6 Å². The van der Waals surface area contributed by atoms with Crippen LogP contribution in [0.4, 0.5) is 0 Å². The lowest BCUT2D eigenvalue weighted by molar-refractivity contribution is 0.403. The van der Waals surface area contributed by atoms with E-state index < -0.39 is 0 Å². The molecule has 0 aliphatic heterocycles. The molecule has 0 fully saturated rings. The van der Waals surface area contributed by atoms with Crippen LogP contribution in [0.15, 0.2) is 36.4 Å². The van der Waals surface area contributed by atoms with Crippen molar-refractivity contribution in [1.82, 2.24) is 5.32 Å². The molecule has 4 N–H and O–H groups in total. The Hall–Kier alpha value is -2.20. The molecule has 3 rings (SSSR count). The Kier molecular flexibility index (Phi) is 4.44. The van der Waals surface area contributed by atoms with E-state index in [0.29, 0.717) is 17.8 Å². The van der Waals surface area contributed by atoms with Crippen LogP contribution in [-0.4, -0.2) is 27.4 Å². The van der Waals surface area contributed by atoms with Gasteiger partial charge in [-0.3, -0.25) is 0 Å². The molecule has 0 spiro atoms. The molecule has 1 unspecified atom stereocenters. The Morgan fingerprint density at radius 1 is 1.00 bits per heavy atom. The van der Waals surface area contributed by atoms with Crippen LogP contribution in [0.3, 0.4) is 0 Å². The Morgan fingerprint density at radius 3 is 2.13 bits per heavy atom. The summed E-state index contributed by atoms with van der Waals surface area (Å²) in [5.41, 5.74) is 3.45. The lowest BCUT2D eigenvalue weighted by Crippen LogP contribution is -2.37. The first-order valence-electron chi connectivity index (χ1n) is 8.09. The molecule has 0 amide bonds. The van der Waals surface area contributed by atoms with Gasteiger partial charge in [-0.25, -0.2) is 0 Å². The van der Waals surface area contributed by atoms with Crippen LogP contribution >= 0.6 is 0 Å². The maximum atomic E-state index is 9.59. The molecule has 4 heteroatoms. The Balaban J connectivity index is 1.51. The lowest BCUT2D eigenvalue weighted by Gasteiger charge is -2.19. The third-order valence-corrected chi connectivity index (χ3v) is 4.55. The third-order valence-electron chi connectivity index (χ3n) is 4.55. The zero-order valence-corrected chi connectivity index (χ0v) is 13.3. The highest BCUT2D eigenvalue weighted by atomic mass is 16.3. The maximum absolute atomic E-state index is 9.59. The second-order valence-electron chi connectivity index (χ2n) is 6.49. The molecule has 0 saturated carbocycles. The molecule has 23 heavy (non-hydrogen) atoms. The fourth-order valence-electron chi connectivity index (χ4n) is 3.30. The van der Waals surface area contributed by atoms with Crippen molar-refractivity contribution in [2.24, 2.45) is 0 Å². The van der Waals surface area contributed by atoms with Crippen LogP contribution in [-0.2, 0) is 19.3 Å². The average molecular weight is 313 g/mol. The molecule has 1 atom stereocenters. The van der Waals surface area contributed by atoms with Crippen molar-refractivity contribution in [3.05, 3.63) is 53.1 Å². The number of hydrogen-bond acceptors (Lipinski definition) is 4. The first-order valence-corrected chi connectivity index (χ1v) is 8.09. The van der Waals surface area contributed by atoms with Gasteiger partial charge >= 0.3 is 0 Å². The summed E-state index contributed by atoms with van der Waals surface area (Å²) in [6, 6.07) is 11.4. The molecule has 122 valence electrons. The summed E-state index contributed by atoms with van der Waals surface area (Å²) in [6.07, 6.45) is 3.75. The summed E-state index contributed by atoms with van der Waals surface area (Å²) < 4.78 is 0. The average Bonchev–Trinajstić information content (AvgIpc) is 2.88. The number of rotatable bonds is 5. The van der Waals surface area contributed by atoms with Crippen molar-refractivity contribution in [3.8, 4) is 17.2 Å². The van der Waals surface area contributed by atoms with E-state index in [9.17, 15) is 15.3 Å². The van der Waals surface area contributed by atoms with E-state index in [2.05, 4.69) is 12.2 Å². The maximum Gasteiger partial charge on any atom is 0.157 e. The number of phenolic OH excluding ortho intramolecular Hbond substituents is 3. The first kappa shape index (κ1) is 15.7. The summed E-state index contributed by atoms with van der Waals surface area (Å²) >= 11 is 0. The van der Waals surface area contributed by atoms with E-state index >= 15 is 0 Å². The van der Waals surface area contributed by atoms with Gasteiger partial charge in [0.05, 0.1) is 0 Å². The number of fused-ring (bicyclic) bond motifs is 1. The van der Waals surface area contributed by atoms with E-state index in [4.69, 9.17) is 0 Å². The van der Waals surface area contributed by atoms with Crippen LogP contribution in [0.25, 0.3) is 0 Å². The highest BCUT2D eigenvalue weighted by Gasteiger charge is 2.24. The van der Waals surface area contributed by atoms with Crippen LogP contribution in [0, 0.1) is 0 Å². The number of benzene rings is 2. The first-order chi connectivity index (χ1) is 11.0. The number of aryl methyl sites for hydroxylation is 1. The summed E-state index contributed by atoms with van der Waals surface area (Å²) in [7, 11) is 0. The molecule has 2 aromatic carbocycles.